The summed E-state index contributed by atoms with van der Waals surface area (Å²) < 4.78 is 11.1. The number of likely N-dealkylation sites (tertiary alicyclic amines) is 1. The third kappa shape index (κ3) is 5.86. The molecule has 1 amide bonds. The number of aryl methyl sites for hydroxylation is 1. The average molecular weight is 370 g/mol. The molecular formula is C22H30N2O3. The molecule has 5 heteroatoms. The molecule has 5 nitrogen and oxygen atoms in total. The first-order valence-electron chi connectivity index (χ1n) is 10.0. The molecule has 2 heterocycles. The summed E-state index contributed by atoms with van der Waals surface area (Å²) in [5.74, 6) is 1.88. The summed E-state index contributed by atoms with van der Waals surface area (Å²) in [7, 11) is 0. The van der Waals surface area contributed by atoms with Crippen LogP contribution in [0.5, 0.6) is 5.75 Å². The number of hydrogen-bond donors (Lipinski definition) is 1. The van der Waals surface area contributed by atoms with E-state index in [2.05, 4.69) is 10.2 Å². The Morgan fingerprint density at radius 2 is 1.96 bits per heavy atom. The van der Waals surface area contributed by atoms with E-state index in [9.17, 15) is 4.79 Å². The van der Waals surface area contributed by atoms with E-state index in [0.29, 0.717) is 19.6 Å². The number of nitrogens with one attached hydrogen (secondary N) is 1. The number of benzene rings is 1. The topological polar surface area (TPSA) is 54.7 Å². The fourth-order valence-electron chi connectivity index (χ4n) is 3.60. The summed E-state index contributed by atoms with van der Waals surface area (Å²) in [5.41, 5.74) is 1.15. The van der Waals surface area contributed by atoms with Crippen LogP contribution >= 0.6 is 0 Å². The lowest BCUT2D eigenvalue weighted by molar-refractivity contribution is -0.121. The maximum absolute atomic E-state index is 12.4. The van der Waals surface area contributed by atoms with Crippen molar-refractivity contribution < 1.29 is 13.9 Å². The second kappa shape index (κ2) is 10.2. The first-order chi connectivity index (χ1) is 13.3. The van der Waals surface area contributed by atoms with Gasteiger partial charge < -0.3 is 14.5 Å². The van der Waals surface area contributed by atoms with Crippen LogP contribution in [0.2, 0.25) is 0 Å². The van der Waals surface area contributed by atoms with Gasteiger partial charge in [0.15, 0.2) is 0 Å². The van der Waals surface area contributed by atoms with E-state index >= 15 is 0 Å². The van der Waals surface area contributed by atoms with Crippen LogP contribution < -0.4 is 10.1 Å². The Labute approximate surface area is 161 Å². The van der Waals surface area contributed by atoms with Gasteiger partial charge in [0.05, 0.1) is 18.9 Å². The summed E-state index contributed by atoms with van der Waals surface area (Å²) in [6, 6.07) is 12.0. The molecule has 27 heavy (non-hydrogen) atoms. The number of carbonyl (C=O) groups excluding carboxylic acids is 1. The van der Waals surface area contributed by atoms with Crippen LogP contribution in [-0.4, -0.2) is 37.0 Å². The first kappa shape index (κ1) is 19.5. The Morgan fingerprint density at radius 1 is 1.19 bits per heavy atom. The van der Waals surface area contributed by atoms with Crippen molar-refractivity contribution in [3.05, 3.63) is 54.0 Å². The van der Waals surface area contributed by atoms with Gasteiger partial charge in [-0.3, -0.25) is 9.69 Å². The SMILES string of the molecule is CCOc1ccc(CCC(=O)NCC(c2ccco2)N2CCCCC2)cc1. The molecule has 1 aromatic carbocycles. The third-order valence-electron chi connectivity index (χ3n) is 5.07. The van der Waals surface area contributed by atoms with Crippen molar-refractivity contribution in [2.24, 2.45) is 0 Å². The van der Waals surface area contributed by atoms with Crippen LogP contribution in [0.25, 0.3) is 0 Å². The van der Waals surface area contributed by atoms with E-state index in [1.807, 2.05) is 43.3 Å². The van der Waals surface area contributed by atoms with Gasteiger partial charge in [-0.2, -0.15) is 0 Å². The molecule has 0 spiro atoms. The molecule has 2 aromatic rings. The molecule has 1 atom stereocenters. The summed E-state index contributed by atoms with van der Waals surface area (Å²) >= 11 is 0. The molecule has 1 aromatic heterocycles. The summed E-state index contributed by atoms with van der Waals surface area (Å²) in [5, 5.41) is 3.10. The van der Waals surface area contributed by atoms with Gasteiger partial charge in [-0.1, -0.05) is 18.6 Å². The van der Waals surface area contributed by atoms with E-state index in [0.717, 1.165) is 36.6 Å². The van der Waals surface area contributed by atoms with Gasteiger partial charge in [0.2, 0.25) is 5.91 Å². The molecule has 1 fully saturated rings. The minimum Gasteiger partial charge on any atom is -0.494 e. The molecule has 3 rings (SSSR count). The molecule has 1 aliphatic heterocycles. The Morgan fingerprint density at radius 3 is 2.63 bits per heavy atom. The van der Waals surface area contributed by atoms with E-state index in [-0.39, 0.29) is 11.9 Å². The largest absolute Gasteiger partial charge is 0.494 e. The summed E-state index contributed by atoms with van der Waals surface area (Å²) in [6.45, 7) is 5.35. The predicted molar refractivity (Wildman–Crippen MR) is 106 cm³/mol. The lowest BCUT2D eigenvalue weighted by Crippen LogP contribution is -2.40. The second-order valence-electron chi connectivity index (χ2n) is 7.01. The molecule has 0 saturated carbocycles. The van der Waals surface area contributed by atoms with Crippen molar-refractivity contribution in [2.45, 2.75) is 45.1 Å². The Hall–Kier alpha value is -2.27. The Bertz CT molecular complexity index is 676. The van der Waals surface area contributed by atoms with E-state index < -0.39 is 0 Å². The zero-order valence-electron chi connectivity index (χ0n) is 16.2. The van der Waals surface area contributed by atoms with Gasteiger partial charge in [0.1, 0.15) is 11.5 Å². The molecule has 0 radical (unpaired) electrons. The number of piperidine rings is 1. The highest BCUT2D eigenvalue weighted by atomic mass is 16.5. The van der Waals surface area contributed by atoms with Crippen LogP contribution in [0.3, 0.4) is 0 Å². The van der Waals surface area contributed by atoms with Crippen molar-refractivity contribution in [2.75, 3.05) is 26.2 Å². The predicted octanol–water partition coefficient (Wildman–Crippen LogP) is 3.95. The lowest BCUT2D eigenvalue weighted by atomic mass is 10.1. The van der Waals surface area contributed by atoms with Gasteiger partial charge in [-0.25, -0.2) is 0 Å². The van der Waals surface area contributed by atoms with Crippen LogP contribution in [0.15, 0.2) is 47.1 Å². The van der Waals surface area contributed by atoms with Gasteiger partial charge in [0.25, 0.3) is 0 Å². The highest BCUT2D eigenvalue weighted by Gasteiger charge is 2.24. The molecule has 1 aliphatic rings. The lowest BCUT2D eigenvalue weighted by Gasteiger charge is -2.33. The number of carbonyl (C=O) groups is 1. The molecule has 1 saturated heterocycles. The summed E-state index contributed by atoms with van der Waals surface area (Å²) in [6.07, 6.45) is 6.63. The van der Waals surface area contributed by atoms with Gasteiger partial charge in [-0.15, -0.1) is 0 Å². The highest BCUT2D eigenvalue weighted by molar-refractivity contribution is 5.76. The van der Waals surface area contributed by atoms with Gasteiger partial charge in [-0.05, 0) is 69.1 Å². The summed E-state index contributed by atoms with van der Waals surface area (Å²) in [4.78, 5) is 14.8. The Balaban J connectivity index is 1.48. The van der Waals surface area contributed by atoms with E-state index in [4.69, 9.17) is 9.15 Å². The number of hydrogen-bond acceptors (Lipinski definition) is 4. The minimum absolute atomic E-state index is 0.0810. The second-order valence-corrected chi connectivity index (χ2v) is 7.01. The quantitative estimate of drug-likeness (QED) is 0.726. The highest BCUT2D eigenvalue weighted by Crippen LogP contribution is 2.24. The smallest absolute Gasteiger partial charge is 0.220 e. The molecule has 0 bridgehead atoms. The molecule has 1 N–H and O–H groups in total. The van der Waals surface area contributed by atoms with Crippen molar-refractivity contribution >= 4 is 5.91 Å². The maximum atomic E-state index is 12.4. The standard InChI is InChI=1S/C22H30N2O3/c1-2-26-19-11-8-18(9-12-19)10-13-22(25)23-17-20(21-7-6-16-27-21)24-14-4-3-5-15-24/h6-9,11-12,16,20H,2-5,10,13-15,17H2,1H3,(H,23,25). The van der Waals surface area contributed by atoms with Crippen LogP contribution in [-0.2, 0) is 11.2 Å². The molecule has 146 valence electrons. The zero-order chi connectivity index (χ0) is 18.9. The first-order valence-corrected chi connectivity index (χ1v) is 10.0. The number of nitrogens with zero attached hydrogens (tertiary/aromatic N) is 1. The van der Waals surface area contributed by atoms with E-state index in [1.165, 1.54) is 19.3 Å². The van der Waals surface area contributed by atoms with Crippen LogP contribution in [0, 0.1) is 0 Å². The maximum Gasteiger partial charge on any atom is 0.220 e. The van der Waals surface area contributed by atoms with Crippen molar-refractivity contribution in [3.8, 4) is 5.75 Å². The van der Waals surface area contributed by atoms with Gasteiger partial charge in [0, 0.05) is 13.0 Å². The van der Waals surface area contributed by atoms with Crippen LogP contribution in [0.1, 0.15) is 50.0 Å². The molecule has 1 unspecified atom stereocenters. The fourth-order valence-corrected chi connectivity index (χ4v) is 3.60. The Kier molecular flexibility index (Phi) is 7.34. The van der Waals surface area contributed by atoms with Crippen molar-refractivity contribution in [1.82, 2.24) is 10.2 Å². The average Bonchev–Trinajstić information content (AvgIpc) is 3.23. The van der Waals surface area contributed by atoms with Crippen molar-refractivity contribution in [1.29, 1.82) is 0 Å². The molecular weight excluding hydrogens is 340 g/mol. The number of ether oxygens (including phenoxy) is 1. The van der Waals surface area contributed by atoms with E-state index in [1.54, 1.807) is 6.26 Å². The fraction of sp³-hybridized carbons (Fsp3) is 0.500. The normalized spacial score (nSPS) is 16.0. The van der Waals surface area contributed by atoms with Crippen LogP contribution in [0.4, 0.5) is 0 Å². The third-order valence-corrected chi connectivity index (χ3v) is 5.07. The molecule has 0 aliphatic carbocycles. The number of furan rings is 1. The number of amides is 1. The van der Waals surface area contributed by atoms with Gasteiger partial charge >= 0.3 is 0 Å². The monoisotopic (exact) mass is 370 g/mol. The minimum atomic E-state index is 0.0810. The zero-order valence-corrected chi connectivity index (χ0v) is 16.2. The number of rotatable bonds is 9. The van der Waals surface area contributed by atoms with Crippen molar-refractivity contribution in [3.63, 3.8) is 0 Å².